The Morgan fingerprint density at radius 2 is 1.48 bits per heavy atom. The van der Waals surface area contributed by atoms with E-state index in [1.54, 1.807) is 24.3 Å². The normalized spacial score (nSPS) is 11.0. The van der Waals surface area contributed by atoms with Gasteiger partial charge in [-0.15, -0.1) is 0 Å². The highest BCUT2D eigenvalue weighted by Crippen LogP contribution is 2.28. The van der Waals surface area contributed by atoms with Gasteiger partial charge in [-0.05, 0) is 24.3 Å². The van der Waals surface area contributed by atoms with Gasteiger partial charge in [-0.25, -0.2) is 22.0 Å². The lowest BCUT2D eigenvalue weighted by atomic mass is 10.1. The van der Waals surface area contributed by atoms with Crippen molar-refractivity contribution in [3.8, 4) is 23.0 Å². The number of ether oxygens (including phenoxy) is 3. The summed E-state index contributed by atoms with van der Waals surface area (Å²) in [6.07, 6.45) is 1.07. The van der Waals surface area contributed by atoms with E-state index in [9.17, 15) is 26.7 Å². The van der Waals surface area contributed by atoms with Gasteiger partial charge in [0.15, 0.2) is 23.3 Å². The van der Waals surface area contributed by atoms with Gasteiger partial charge >= 0.3 is 0 Å². The Kier molecular flexibility index (Phi) is 5.91. The highest BCUT2D eigenvalue weighted by Gasteiger charge is 2.26. The molecule has 5 nitrogen and oxygen atoms in total. The summed E-state index contributed by atoms with van der Waals surface area (Å²) in [5.74, 6) is -9.65. The predicted molar refractivity (Wildman–Crippen MR) is 106 cm³/mol. The van der Waals surface area contributed by atoms with Gasteiger partial charge in [0.25, 0.3) is 0 Å². The van der Waals surface area contributed by atoms with Crippen LogP contribution in [0.1, 0.15) is 5.56 Å². The van der Waals surface area contributed by atoms with Crippen LogP contribution in [0.4, 0.5) is 22.0 Å². The maximum atomic E-state index is 13.8. The minimum atomic E-state index is -2.26. The molecule has 0 unspecified atom stereocenters. The minimum Gasteiger partial charge on any atom is -0.497 e. The molecule has 0 aliphatic carbocycles. The molecule has 0 aliphatic rings. The molecule has 0 fully saturated rings. The average molecular weight is 464 g/mol. The van der Waals surface area contributed by atoms with Crippen molar-refractivity contribution in [2.24, 2.45) is 0 Å². The SMILES string of the molecule is COc1cccc(Oc2coc3cc(OCc4c(F)c(F)c(F)c(F)c4F)ccc3c2=O)c1. The number of fused-ring (bicyclic) bond motifs is 1. The Hall–Kier alpha value is -4.08. The van der Waals surface area contributed by atoms with Gasteiger partial charge in [-0.3, -0.25) is 4.79 Å². The van der Waals surface area contributed by atoms with Crippen LogP contribution in [-0.2, 0) is 6.61 Å². The van der Waals surface area contributed by atoms with Crippen LogP contribution in [0, 0.1) is 29.1 Å². The minimum absolute atomic E-state index is 0.0314. The van der Waals surface area contributed by atoms with E-state index in [2.05, 4.69) is 0 Å². The van der Waals surface area contributed by atoms with E-state index >= 15 is 0 Å². The Morgan fingerprint density at radius 1 is 0.818 bits per heavy atom. The Labute approximate surface area is 182 Å². The summed E-state index contributed by atoms with van der Waals surface area (Å²) < 4.78 is 88.6. The van der Waals surface area contributed by atoms with E-state index in [1.165, 1.54) is 25.3 Å². The molecular formula is C23H13F5O5. The second-order valence-electron chi connectivity index (χ2n) is 6.71. The average Bonchev–Trinajstić information content (AvgIpc) is 2.83. The lowest BCUT2D eigenvalue weighted by molar-refractivity contribution is 0.279. The van der Waals surface area contributed by atoms with E-state index in [0.717, 1.165) is 6.26 Å². The van der Waals surface area contributed by atoms with Gasteiger partial charge in [-0.2, -0.15) is 0 Å². The zero-order chi connectivity index (χ0) is 23.7. The zero-order valence-electron chi connectivity index (χ0n) is 16.8. The highest BCUT2D eigenvalue weighted by atomic mass is 19.2. The van der Waals surface area contributed by atoms with E-state index in [0.29, 0.717) is 11.5 Å². The molecule has 0 bridgehead atoms. The molecule has 10 heteroatoms. The molecule has 1 aromatic heterocycles. The first kappa shape index (κ1) is 22.1. The third-order valence-electron chi connectivity index (χ3n) is 4.67. The molecule has 1 heterocycles. The Balaban J connectivity index is 1.58. The smallest absolute Gasteiger partial charge is 0.235 e. The van der Waals surface area contributed by atoms with Gasteiger partial charge in [0.05, 0.1) is 18.1 Å². The van der Waals surface area contributed by atoms with E-state index in [1.807, 2.05) is 0 Å². The Bertz CT molecular complexity index is 1390. The first-order chi connectivity index (χ1) is 15.8. The summed E-state index contributed by atoms with van der Waals surface area (Å²) >= 11 is 0. The number of hydrogen-bond acceptors (Lipinski definition) is 5. The second-order valence-corrected chi connectivity index (χ2v) is 6.71. The van der Waals surface area contributed by atoms with Crippen LogP contribution in [-0.4, -0.2) is 7.11 Å². The molecule has 33 heavy (non-hydrogen) atoms. The second kappa shape index (κ2) is 8.81. The first-order valence-corrected chi connectivity index (χ1v) is 9.30. The topological polar surface area (TPSA) is 57.9 Å². The van der Waals surface area contributed by atoms with Crippen LogP contribution in [0.2, 0.25) is 0 Å². The summed E-state index contributed by atoms with van der Waals surface area (Å²) in [6, 6.07) is 10.4. The van der Waals surface area contributed by atoms with E-state index in [4.69, 9.17) is 18.6 Å². The molecule has 0 radical (unpaired) electrons. The molecule has 0 atom stereocenters. The summed E-state index contributed by atoms with van der Waals surface area (Å²) in [6.45, 7) is -0.946. The molecule has 0 N–H and O–H groups in total. The molecule has 0 spiro atoms. The number of methoxy groups -OCH3 is 1. The zero-order valence-corrected chi connectivity index (χ0v) is 16.8. The van der Waals surface area contributed by atoms with Gasteiger partial charge in [0.1, 0.15) is 35.7 Å². The largest absolute Gasteiger partial charge is 0.497 e. The molecule has 4 rings (SSSR count). The summed E-state index contributed by atoms with van der Waals surface area (Å²) in [5.41, 5.74) is -1.59. The summed E-state index contributed by atoms with van der Waals surface area (Å²) in [5, 5.41) is 0.110. The number of hydrogen-bond donors (Lipinski definition) is 0. The quantitative estimate of drug-likeness (QED) is 0.203. The molecular weight excluding hydrogens is 451 g/mol. The third kappa shape index (κ3) is 4.19. The molecule has 0 amide bonds. The maximum absolute atomic E-state index is 13.8. The van der Waals surface area contributed by atoms with Crippen LogP contribution in [0.3, 0.4) is 0 Å². The first-order valence-electron chi connectivity index (χ1n) is 9.30. The number of halogens is 5. The van der Waals surface area contributed by atoms with E-state index < -0.39 is 46.7 Å². The van der Waals surface area contributed by atoms with Gasteiger partial charge in [0, 0.05) is 12.1 Å². The maximum Gasteiger partial charge on any atom is 0.235 e. The standard InChI is InChI=1S/C23H13F5O5/c1-30-11-3-2-4-13(7-11)33-17-10-32-16-8-12(5-6-14(16)23(17)29)31-9-15-18(24)20(26)22(28)21(27)19(15)25/h2-8,10H,9H2,1H3. The van der Waals surface area contributed by atoms with Gasteiger partial charge in [0.2, 0.25) is 17.0 Å². The van der Waals surface area contributed by atoms with E-state index in [-0.39, 0.29) is 22.5 Å². The van der Waals surface area contributed by atoms with Crippen molar-refractivity contribution in [1.29, 1.82) is 0 Å². The predicted octanol–water partition coefficient (Wildman–Crippen LogP) is 5.87. The third-order valence-corrected chi connectivity index (χ3v) is 4.67. The van der Waals surface area contributed by atoms with Crippen LogP contribution in [0.5, 0.6) is 23.0 Å². The van der Waals surface area contributed by atoms with Gasteiger partial charge < -0.3 is 18.6 Å². The fourth-order valence-corrected chi connectivity index (χ4v) is 2.98. The van der Waals surface area contributed by atoms with Crippen molar-refractivity contribution in [3.05, 3.63) is 93.6 Å². The number of rotatable bonds is 6. The van der Waals surface area contributed by atoms with Crippen molar-refractivity contribution in [1.82, 2.24) is 0 Å². The van der Waals surface area contributed by atoms with Crippen molar-refractivity contribution < 1.29 is 40.6 Å². The van der Waals surface area contributed by atoms with Crippen LogP contribution >= 0.6 is 0 Å². The van der Waals surface area contributed by atoms with Crippen molar-refractivity contribution >= 4 is 11.0 Å². The summed E-state index contributed by atoms with van der Waals surface area (Å²) in [7, 11) is 1.48. The van der Waals surface area contributed by atoms with Crippen molar-refractivity contribution in [2.75, 3.05) is 7.11 Å². The highest BCUT2D eigenvalue weighted by molar-refractivity contribution is 5.79. The van der Waals surface area contributed by atoms with Gasteiger partial charge in [-0.1, -0.05) is 6.07 Å². The molecule has 0 saturated heterocycles. The molecule has 170 valence electrons. The molecule has 0 saturated carbocycles. The fraction of sp³-hybridized carbons (Fsp3) is 0.0870. The molecule has 4 aromatic rings. The van der Waals surface area contributed by atoms with Crippen molar-refractivity contribution in [3.63, 3.8) is 0 Å². The monoisotopic (exact) mass is 464 g/mol. The molecule has 3 aromatic carbocycles. The lowest BCUT2D eigenvalue weighted by Crippen LogP contribution is -2.10. The van der Waals surface area contributed by atoms with Crippen LogP contribution < -0.4 is 19.6 Å². The van der Waals surface area contributed by atoms with Crippen molar-refractivity contribution in [2.45, 2.75) is 6.61 Å². The Morgan fingerprint density at radius 3 is 2.18 bits per heavy atom. The van der Waals surface area contributed by atoms with Crippen LogP contribution in [0.25, 0.3) is 11.0 Å². The molecule has 0 aliphatic heterocycles. The number of benzene rings is 3. The lowest BCUT2D eigenvalue weighted by Gasteiger charge is -2.11. The summed E-state index contributed by atoms with van der Waals surface area (Å²) in [4.78, 5) is 12.7. The van der Waals surface area contributed by atoms with Crippen LogP contribution in [0.15, 0.2) is 57.9 Å². The fourth-order valence-electron chi connectivity index (χ4n) is 2.98.